The number of carbonyl (C=O) groups is 2. The third-order valence-corrected chi connectivity index (χ3v) is 2.62. The third kappa shape index (κ3) is 2.66. The number of benzene rings is 1. The van der Waals surface area contributed by atoms with Crippen molar-refractivity contribution in [1.29, 1.82) is 0 Å². The molecule has 17 heavy (non-hydrogen) atoms. The first kappa shape index (κ1) is 12.8. The monoisotopic (exact) mass is 237 g/mol. The van der Waals surface area contributed by atoms with Gasteiger partial charge in [-0.2, -0.15) is 0 Å². The Morgan fingerprint density at radius 1 is 1.35 bits per heavy atom. The predicted octanol–water partition coefficient (Wildman–Crippen LogP) is 1.41. The molecule has 0 fully saturated rings. The maximum atomic E-state index is 11.1. The van der Waals surface area contributed by atoms with Gasteiger partial charge < -0.3 is 5.11 Å². The van der Waals surface area contributed by atoms with Gasteiger partial charge in [0.1, 0.15) is 0 Å². The molecule has 0 bridgehead atoms. The first-order chi connectivity index (χ1) is 7.84. The topological polar surface area (TPSA) is 97.5 Å². The van der Waals surface area contributed by atoms with Crippen molar-refractivity contribution in [2.75, 3.05) is 0 Å². The summed E-state index contributed by atoms with van der Waals surface area (Å²) in [5, 5.41) is 19.3. The van der Waals surface area contributed by atoms with Gasteiger partial charge in [-0.15, -0.1) is 0 Å². The van der Waals surface area contributed by atoms with Crippen molar-refractivity contribution >= 4 is 17.4 Å². The van der Waals surface area contributed by atoms with E-state index in [9.17, 15) is 19.7 Å². The molecule has 0 atom stereocenters. The van der Waals surface area contributed by atoms with Crippen LogP contribution in [0.4, 0.5) is 5.69 Å². The number of carboxylic acid groups (broad SMARTS) is 1. The van der Waals surface area contributed by atoms with Crippen LogP contribution < -0.4 is 0 Å². The van der Waals surface area contributed by atoms with Crippen molar-refractivity contribution in [3.05, 3.63) is 38.9 Å². The van der Waals surface area contributed by atoms with Crippen LogP contribution in [-0.2, 0) is 16.0 Å². The molecule has 0 aromatic heterocycles. The minimum Gasteiger partial charge on any atom is -0.475 e. The fourth-order valence-corrected chi connectivity index (χ4v) is 1.49. The number of carbonyl (C=O) groups excluding carboxylic acids is 1. The van der Waals surface area contributed by atoms with Crippen LogP contribution in [0.25, 0.3) is 0 Å². The highest BCUT2D eigenvalue weighted by Crippen LogP contribution is 2.25. The quantitative estimate of drug-likeness (QED) is 0.485. The minimum absolute atomic E-state index is 0.169. The van der Waals surface area contributed by atoms with E-state index in [4.69, 9.17) is 5.11 Å². The first-order valence-electron chi connectivity index (χ1n) is 4.84. The van der Waals surface area contributed by atoms with Crippen molar-refractivity contribution in [1.82, 2.24) is 0 Å². The number of aryl methyl sites for hydroxylation is 1. The zero-order valence-electron chi connectivity index (χ0n) is 9.39. The maximum Gasteiger partial charge on any atom is 0.372 e. The summed E-state index contributed by atoms with van der Waals surface area (Å²) in [4.78, 5) is 31.8. The molecule has 0 radical (unpaired) electrons. The van der Waals surface area contributed by atoms with Crippen molar-refractivity contribution in [2.24, 2.45) is 0 Å². The van der Waals surface area contributed by atoms with Crippen LogP contribution in [0.1, 0.15) is 16.7 Å². The highest BCUT2D eigenvalue weighted by molar-refractivity contribution is 6.33. The van der Waals surface area contributed by atoms with Crippen molar-refractivity contribution < 1.29 is 19.6 Å². The standard InChI is InChI=1S/C11H11NO5/c1-6-3-4-9(12(16)17)8(7(6)2)5-10(13)11(14)15/h3-4H,5H2,1-2H3,(H,14,15). The lowest BCUT2D eigenvalue weighted by atomic mass is 9.97. The van der Waals surface area contributed by atoms with Gasteiger partial charge in [-0.1, -0.05) is 6.07 Å². The van der Waals surface area contributed by atoms with E-state index in [1.165, 1.54) is 6.07 Å². The lowest BCUT2D eigenvalue weighted by molar-refractivity contribution is -0.385. The lowest BCUT2D eigenvalue weighted by Crippen LogP contribution is -2.17. The molecule has 6 heteroatoms. The van der Waals surface area contributed by atoms with E-state index < -0.39 is 23.1 Å². The Morgan fingerprint density at radius 3 is 2.41 bits per heavy atom. The highest BCUT2D eigenvalue weighted by atomic mass is 16.6. The molecule has 0 unspecified atom stereocenters. The van der Waals surface area contributed by atoms with E-state index in [0.29, 0.717) is 5.56 Å². The summed E-state index contributed by atoms with van der Waals surface area (Å²) in [6.07, 6.45) is -0.459. The summed E-state index contributed by atoms with van der Waals surface area (Å²) >= 11 is 0. The SMILES string of the molecule is Cc1ccc([N+](=O)[O-])c(CC(=O)C(=O)O)c1C. The molecule has 1 N–H and O–H groups in total. The van der Waals surface area contributed by atoms with E-state index in [-0.39, 0.29) is 11.3 Å². The van der Waals surface area contributed by atoms with Crippen molar-refractivity contribution in [3.8, 4) is 0 Å². The Kier molecular flexibility index (Phi) is 3.57. The first-order valence-corrected chi connectivity index (χ1v) is 4.84. The summed E-state index contributed by atoms with van der Waals surface area (Å²) in [6.45, 7) is 3.38. The number of carboxylic acids is 1. The molecule has 0 saturated carbocycles. The van der Waals surface area contributed by atoms with E-state index in [1.807, 2.05) is 0 Å². The number of aliphatic carboxylic acids is 1. The molecule has 0 heterocycles. The predicted molar refractivity (Wildman–Crippen MR) is 58.9 cm³/mol. The van der Waals surface area contributed by atoms with Gasteiger partial charge >= 0.3 is 5.97 Å². The van der Waals surface area contributed by atoms with Gasteiger partial charge in [-0.25, -0.2) is 4.79 Å². The fraction of sp³-hybridized carbons (Fsp3) is 0.273. The number of hydrogen-bond donors (Lipinski definition) is 1. The normalized spacial score (nSPS) is 10.0. The van der Waals surface area contributed by atoms with E-state index >= 15 is 0 Å². The smallest absolute Gasteiger partial charge is 0.372 e. The van der Waals surface area contributed by atoms with Crippen molar-refractivity contribution in [2.45, 2.75) is 20.3 Å². The molecule has 0 aliphatic carbocycles. The summed E-state index contributed by atoms with van der Waals surface area (Å²) in [7, 11) is 0. The minimum atomic E-state index is -1.58. The van der Waals surface area contributed by atoms with Gasteiger partial charge in [-0.3, -0.25) is 14.9 Å². The molecule has 1 aromatic rings. The Morgan fingerprint density at radius 2 is 1.94 bits per heavy atom. The molecule has 0 aliphatic heterocycles. The number of rotatable bonds is 4. The van der Waals surface area contributed by atoms with Crippen LogP contribution in [-0.4, -0.2) is 21.8 Å². The molecule has 1 rings (SSSR count). The van der Waals surface area contributed by atoms with E-state index in [1.54, 1.807) is 19.9 Å². The van der Waals surface area contributed by atoms with Crippen LogP contribution in [0.5, 0.6) is 0 Å². The molecule has 0 saturated heterocycles. The summed E-state index contributed by atoms with van der Waals surface area (Å²) in [5.74, 6) is -2.64. The van der Waals surface area contributed by atoms with Gasteiger partial charge in [-0.05, 0) is 25.0 Å². The number of Topliss-reactive ketones (excluding diaryl/α,β-unsaturated/α-hetero) is 1. The van der Waals surface area contributed by atoms with Gasteiger partial charge in [0.15, 0.2) is 0 Å². The number of nitrogens with zero attached hydrogens (tertiary/aromatic N) is 1. The Labute approximate surface area is 97.0 Å². The van der Waals surface area contributed by atoms with Gasteiger partial charge in [0.05, 0.1) is 11.3 Å². The number of nitro benzene ring substituents is 1. The Hall–Kier alpha value is -2.24. The lowest BCUT2D eigenvalue weighted by Gasteiger charge is -2.07. The van der Waals surface area contributed by atoms with Gasteiger partial charge in [0.2, 0.25) is 5.78 Å². The zero-order valence-corrected chi connectivity index (χ0v) is 9.39. The molecule has 0 spiro atoms. The molecular weight excluding hydrogens is 226 g/mol. The highest BCUT2D eigenvalue weighted by Gasteiger charge is 2.22. The second-order valence-corrected chi connectivity index (χ2v) is 3.67. The summed E-state index contributed by atoms with van der Waals surface area (Å²) in [6, 6.07) is 2.86. The number of nitro groups is 1. The fourth-order valence-electron chi connectivity index (χ4n) is 1.49. The van der Waals surface area contributed by atoms with Crippen LogP contribution in [0, 0.1) is 24.0 Å². The number of ketones is 1. The average Bonchev–Trinajstić information content (AvgIpc) is 2.24. The van der Waals surface area contributed by atoms with Crippen LogP contribution in [0.2, 0.25) is 0 Å². The van der Waals surface area contributed by atoms with Gasteiger partial charge in [0, 0.05) is 11.6 Å². The van der Waals surface area contributed by atoms with Crippen LogP contribution >= 0.6 is 0 Å². The molecule has 0 amide bonds. The summed E-state index contributed by atoms with van der Waals surface area (Å²) in [5.41, 5.74) is 1.31. The molecule has 0 aliphatic rings. The second-order valence-electron chi connectivity index (χ2n) is 3.67. The zero-order chi connectivity index (χ0) is 13.2. The van der Waals surface area contributed by atoms with Crippen molar-refractivity contribution in [3.63, 3.8) is 0 Å². The number of hydrogen-bond acceptors (Lipinski definition) is 4. The van der Waals surface area contributed by atoms with E-state index in [0.717, 1.165) is 5.56 Å². The molecule has 6 nitrogen and oxygen atoms in total. The Balaban J connectivity index is 3.28. The third-order valence-electron chi connectivity index (χ3n) is 2.62. The van der Waals surface area contributed by atoms with E-state index in [2.05, 4.69) is 0 Å². The maximum absolute atomic E-state index is 11.1. The van der Waals surface area contributed by atoms with Crippen LogP contribution in [0.15, 0.2) is 12.1 Å². The molecule has 90 valence electrons. The molecular formula is C11H11NO5. The Bertz CT molecular complexity index is 507. The average molecular weight is 237 g/mol. The van der Waals surface area contributed by atoms with Gasteiger partial charge in [0.25, 0.3) is 5.69 Å². The molecule has 1 aromatic carbocycles. The summed E-state index contributed by atoms with van der Waals surface area (Å²) < 4.78 is 0. The second kappa shape index (κ2) is 4.73. The van der Waals surface area contributed by atoms with Crippen LogP contribution in [0.3, 0.4) is 0 Å². The largest absolute Gasteiger partial charge is 0.475 e.